The van der Waals surface area contributed by atoms with Crippen molar-refractivity contribution in [3.8, 4) is 0 Å². The second-order valence-electron chi connectivity index (χ2n) is 5.21. The number of hydrogen-bond donors (Lipinski definition) is 2. The van der Waals surface area contributed by atoms with E-state index in [4.69, 9.17) is 4.74 Å². The second-order valence-corrected chi connectivity index (χ2v) is 6.19. The molecule has 0 aliphatic carbocycles. The van der Waals surface area contributed by atoms with E-state index < -0.39 is 30.1 Å². The topological polar surface area (TPSA) is 84.5 Å². The fourth-order valence-corrected chi connectivity index (χ4v) is 1.87. The molecule has 21 heavy (non-hydrogen) atoms. The molecule has 0 atom stereocenters. The van der Waals surface area contributed by atoms with E-state index in [1.807, 2.05) is 17.5 Å². The molecule has 114 valence electrons. The summed E-state index contributed by atoms with van der Waals surface area (Å²) in [5.74, 6) is -1.33. The molecule has 0 aromatic carbocycles. The molecule has 1 rings (SSSR count). The molecular weight excluding hydrogens is 292 g/mol. The van der Waals surface area contributed by atoms with Gasteiger partial charge in [-0.15, -0.1) is 11.3 Å². The lowest BCUT2D eigenvalue weighted by Crippen LogP contribution is -2.49. The van der Waals surface area contributed by atoms with E-state index in [1.54, 1.807) is 26.8 Å². The van der Waals surface area contributed by atoms with Gasteiger partial charge in [0.05, 0.1) is 0 Å². The molecule has 1 aromatic rings. The third kappa shape index (κ3) is 7.88. The van der Waals surface area contributed by atoms with Crippen LogP contribution in [0.3, 0.4) is 0 Å². The number of ether oxygens (including phenoxy) is 1. The van der Waals surface area contributed by atoms with Crippen molar-refractivity contribution in [1.82, 2.24) is 10.6 Å². The molecule has 1 heterocycles. The number of imide groups is 1. The Morgan fingerprint density at radius 1 is 1.33 bits per heavy atom. The standard InChI is InChI=1S/C14H18N2O4S/c1-14(2,3)16-13(19)15-11(17)9-20-12(18)7-6-10-5-4-8-21-10/h4-8H,9H2,1-3H3,(H2,15,16,17,19). The first-order chi connectivity index (χ1) is 9.76. The second kappa shape index (κ2) is 7.58. The quantitative estimate of drug-likeness (QED) is 0.657. The summed E-state index contributed by atoms with van der Waals surface area (Å²) >= 11 is 1.48. The summed E-state index contributed by atoms with van der Waals surface area (Å²) in [5.41, 5.74) is -0.454. The lowest BCUT2D eigenvalue weighted by atomic mass is 10.1. The summed E-state index contributed by atoms with van der Waals surface area (Å²) < 4.78 is 4.72. The number of rotatable bonds is 4. The molecule has 0 fully saturated rings. The Kier molecular flexibility index (Phi) is 6.10. The highest BCUT2D eigenvalue weighted by atomic mass is 32.1. The van der Waals surface area contributed by atoms with Crippen LogP contribution in [0.1, 0.15) is 25.6 Å². The lowest BCUT2D eigenvalue weighted by Gasteiger charge is -2.20. The Morgan fingerprint density at radius 3 is 2.62 bits per heavy atom. The molecule has 0 radical (unpaired) electrons. The van der Waals surface area contributed by atoms with Crippen molar-refractivity contribution in [1.29, 1.82) is 0 Å². The van der Waals surface area contributed by atoms with Gasteiger partial charge in [0.2, 0.25) is 0 Å². The highest BCUT2D eigenvalue weighted by Crippen LogP contribution is 2.10. The minimum atomic E-state index is -0.686. The van der Waals surface area contributed by atoms with Crippen molar-refractivity contribution >= 4 is 35.3 Å². The zero-order valence-corrected chi connectivity index (χ0v) is 13.0. The number of amides is 3. The van der Waals surface area contributed by atoms with Crippen LogP contribution in [-0.4, -0.2) is 30.1 Å². The molecule has 0 unspecified atom stereocenters. The van der Waals surface area contributed by atoms with Crippen LogP contribution >= 0.6 is 11.3 Å². The van der Waals surface area contributed by atoms with Crippen LogP contribution in [0, 0.1) is 0 Å². The Hall–Kier alpha value is -2.15. The number of carbonyl (C=O) groups is 3. The SMILES string of the molecule is CC(C)(C)NC(=O)NC(=O)COC(=O)C=Cc1cccs1. The van der Waals surface area contributed by atoms with Crippen LogP contribution < -0.4 is 10.6 Å². The summed E-state index contributed by atoms with van der Waals surface area (Å²) in [5, 5.41) is 6.51. The Labute approximate surface area is 127 Å². The van der Waals surface area contributed by atoms with E-state index >= 15 is 0 Å². The van der Waals surface area contributed by atoms with Crippen molar-refractivity contribution in [3.63, 3.8) is 0 Å². The first-order valence-electron chi connectivity index (χ1n) is 6.26. The van der Waals surface area contributed by atoms with Crippen molar-refractivity contribution in [2.75, 3.05) is 6.61 Å². The highest BCUT2D eigenvalue weighted by molar-refractivity contribution is 7.10. The maximum Gasteiger partial charge on any atom is 0.331 e. The van der Waals surface area contributed by atoms with Crippen molar-refractivity contribution in [3.05, 3.63) is 28.5 Å². The van der Waals surface area contributed by atoms with Crippen LogP contribution in [0.25, 0.3) is 6.08 Å². The summed E-state index contributed by atoms with van der Waals surface area (Å²) in [7, 11) is 0. The number of urea groups is 1. The summed E-state index contributed by atoms with van der Waals surface area (Å²) in [6.07, 6.45) is 2.82. The van der Waals surface area contributed by atoms with E-state index in [0.29, 0.717) is 0 Å². The first-order valence-corrected chi connectivity index (χ1v) is 7.14. The van der Waals surface area contributed by atoms with Gasteiger partial charge in [0.1, 0.15) is 0 Å². The molecule has 0 bridgehead atoms. The van der Waals surface area contributed by atoms with Gasteiger partial charge in [0.25, 0.3) is 5.91 Å². The van der Waals surface area contributed by atoms with Crippen LogP contribution in [-0.2, 0) is 14.3 Å². The molecule has 0 saturated carbocycles. The van der Waals surface area contributed by atoms with Crippen molar-refractivity contribution in [2.45, 2.75) is 26.3 Å². The number of nitrogens with one attached hydrogen (secondary N) is 2. The predicted molar refractivity (Wildman–Crippen MR) is 80.7 cm³/mol. The van der Waals surface area contributed by atoms with Crippen LogP contribution in [0.15, 0.2) is 23.6 Å². The lowest BCUT2D eigenvalue weighted by molar-refractivity contribution is -0.143. The minimum absolute atomic E-state index is 0.454. The minimum Gasteiger partial charge on any atom is -0.452 e. The van der Waals surface area contributed by atoms with Gasteiger partial charge in [0.15, 0.2) is 6.61 Å². The molecular formula is C14H18N2O4S. The van der Waals surface area contributed by atoms with E-state index in [0.717, 1.165) is 4.88 Å². The summed E-state index contributed by atoms with van der Waals surface area (Å²) in [6, 6.07) is 3.08. The summed E-state index contributed by atoms with van der Waals surface area (Å²) in [4.78, 5) is 35.1. The normalized spacial score (nSPS) is 11.2. The molecule has 6 nitrogen and oxygen atoms in total. The monoisotopic (exact) mass is 310 g/mol. The average Bonchev–Trinajstić information content (AvgIpc) is 2.84. The van der Waals surface area contributed by atoms with Gasteiger partial charge in [0, 0.05) is 16.5 Å². The zero-order valence-electron chi connectivity index (χ0n) is 12.1. The van der Waals surface area contributed by atoms with Gasteiger partial charge in [-0.1, -0.05) is 6.07 Å². The predicted octanol–water partition coefficient (Wildman–Crippen LogP) is 1.93. The first kappa shape index (κ1) is 16.9. The van der Waals surface area contributed by atoms with E-state index in [-0.39, 0.29) is 0 Å². The Bertz CT molecular complexity index is 530. The van der Waals surface area contributed by atoms with E-state index in [1.165, 1.54) is 17.4 Å². The molecule has 7 heteroatoms. The molecule has 3 amide bonds. The van der Waals surface area contributed by atoms with Gasteiger partial charge < -0.3 is 10.1 Å². The van der Waals surface area contributed by atoms with Gasteiger partial charge in [-0.05, 0) is 38.3 Å². The smallest absolute Gasteiger partial charge is 0.331 e. The van der Waals surface area contributed by atoms with Crippen molar-refractivity contribution < 1.29 is 19.1 Å². The van der Waals surface area contributed by atoms with E-state index in [9.17, 15) is 14.4 Å². The van der Waals surface area contributed by atoms with Gasteiger partial charge in [-0.2, -0.15) is 0 Å². The molecule has 0 aliphatic heterocycles. The van der Waals surface area contributed by atoms with E-state index in [2.05, 4.69) is 10.6 Å². The number of carbonyl (C=O) groups excluding carboxylic acids is 3. The highest BCUT2D eigenvalue weighted by Gasteiger charge is 2.16. The third-order valence-corrected chi connectivity index (χ3v) is 2.85. The number of esters is 1. The molecule has 0 aliphatic rings. The Balaban J connectivity index is 2.29. The molecule has 0 spiro atoms. The van der Waals surface area contributed by atoms with Crippen molar-refractivity contribution in [2.24, 2.45) is 0 Å². The summed E-state index contributed by atoms with van der Waals surface area (Å²) in [6.45, 7) is 4.84. The maximum absolute atomic E-state index is 11.4. The van der Waals surface area contributed by atoms with Gasteiger partial charge in [-0.25, -0.2) is 9.59 Å². The van der Waals surface area contributed by atoms with Crippen LogP contribution in [0.4, 0.5) is 4.79 Å². The zero-order chi connectivity index (χ0) is 15.9. The fraction of sp³-hybridized carbons (Fsp3) is 0.357. The average molecular weight is 310 g/mol. The van der Waals surface area contributed by atoms with Crippen LogP contribution in [0.5, 0.6) is 0 Å². The van der Waals surface area contributed by atoms with Crippen LogP contribution in [0.2, 0.25) is 0 Å². The Morgan fingerprint density at radius 2 is 2.05 bits per heavy atom. The maximum atomic E-state index is 11.4. The largest absolute Gasteiger partial charge is 0.452 e. The molecule has 0 saturated heterocycles. The number of hydrogen-bond acceptors (Lipinski definition) is 5. The fourth-order valence-electron chi connectivity index (χ4n) is 1.26. The van der Waals surface area contributed by atoms with Gasteiger partial charge >= 0.3 is 12.0 Å². The third-order valence-electron chi connectivity index (χ3n) is 2.01. The van der Waals surface area contributed by atoms with Gasteiger partial charge in [-0.3, -0.25) is 10.1 Å². The molecule has 1 aromatic heterocycles. The molecule has 2 N–H and O–H groups in total. The number of thiophene rings is 1.